The van der Waals surface area contributed by atoms with E-state index in [-0.39, 0.29) is 6.04 Å². The molecule has 1 heterocycles. The van der Waals surface area contributed by atoms with Gasteiger partial charge in [0.2, 0.25) is 0 Å². The first-order valence-corrected chi connectivity index (χ1v) is 7.37. The Morgan fingerprint density at radius 3 is 2.53 bits per heavy atom. The van der Waals surface area contributed by atoms with Crippen molar-refractivity contribution in [1.29, 1.82) is 0 Å². The standard InChI is InChI=1S/C14H13BrCl2N2/c1-18-13(6-9-5-10(15)8-19-7-9)14-11(16)3-2-4-12(14)17/h2-5,7-8,13,18H,6H2,1H3. The van der Waals surface area contributed by atoms with Crippen molar-refractivity contribution in [3.8, 4) is 0 Å². The molecule has 5 heteroatoms. The summed E-state index contributed by atoms with van der Waals surface area (Å²) in [4.78, 5) is 4.17. The minimum absolute atomic E-state index is 0.0531. The van der Waals surface area contributed by atoms with E-state index in [0.29, 0.717) is 10.0 Å². The van der Waals surface area contributed by atoms with Crippen LogP contribution >= 0.6 is 39.1 Å². The first kappa shape index (κ1) is 14.8. The summed E-state index contributed by atoms with van der Waals surface area (Å²) >= 11 is 15.9. The van der Waals surface area contributed by atoms with Gasteiger partial charge in [0.1, 0.15) is 0 Å². The summed E-state index contributed by atoms with van der Waals surface area (Å²) in [6, 6.07) is 7.65. The molecule has 0 fully saturated rings. The molecule has 2 aromatic rings. The van der Waals surface area contributed by atoms with Crippen LogP contribution in [0.25, 0.3) is 0 Å². The molecule has 19 heavy (non-hydrogen) atoms. The summed E-state index contributed by atoms with van der Waals surface area (Å²) in [6.45, 7) is 0. The fraction of sp³-hybridized carbons (Fsp3) is 0.214. The number of hydrogen-bond acceptors (Lipinski definition) is 2. The minimum atomic E-state index is 0.0531. The summed E-state index contributed by atoms with van der Waals surface area (Å²) in [5.41, 5.74) is 2.04. The topological polar surface area (TPSA) is 24.9 Å². The van der Waals surface area contributed by atoms with Crippen LogP contribution in [0.5, 0.6) is 0 Å². The van der Waals surface area contributed by atoms with Crippen molar-refractivity contribution < 1.29 is 0 Å². The van der Waals surface area contributed by atoms with Crippen molar-refractivity contribution in [2.24, 2.45) is 0 Å². The third kappa shape index (κ3) is 3.69. The third-order valence-electron chi connectivity index (χ3n) is 2.90. The number of likely N-dealkylation sites (N-methyl/N-ethyl adjacent to an activating group) is 1. The zero-order valence-corrected chi connectivity index (χ0v) is 13.4. The van der Waals surface area contributed by atoms with Crippen molar-refractivity contribution in [2.45, 2.75) is 12.5 Å². The second-order valence-electron chi connectivity index (χ2n) is 4.19. The van der Waals surface area contributed by atoms with E-state index in [2.05, 4.69) is 26.2 Å². The Balaban J connectivity index is 2.30. The van der Waals surface area contributed by atoms with Crippen molar-refractivity contribution >= 4 is 39.1 Å². The number of hydrogen-bond donors (Lipinski definition) is 1. The van der Waals surface area contributed by atoms with Gasteiger partial charge in [-0.2, -0.15) is 0 Å². The number of nitrogens with zero attached hydrogens (tertiary/aromatic N) is 1. The molecule has 0 radical (unpaired) electrons. The number of benzene rings is 1. The van der Waals surface area contributed by atoms with E-state index in [1.54, 1.807) is 6.20 Å². The highest BCUT2D eigenvalue weighted by Crippen LogP contribution is 2.32. The van der Waals surface area contributed by atoms with Crippen LogP contribution in [0, 0.1) is 0 Å². The molecule has 0 aliphatic carbocycles. The Morgan fingerprint density at radius 1 is 1.26 bits per heavy atom. The van der Waals surface area contributed by atoms with Crippen LogP contribution in [-0.2, 0) is 6.42 Å². The first-order valence-electron chi connectivity index (χ1n) is 5.82. The van der Waals surface area contributed by atoms with Gasteiger partial charge in [-0.05, 0) is 53.2 Å². The maximum atomic E-state index is 6.25. The molecule has 1 aromatic heterocycles. The molecule has 0 saturated heterocycles. The predicted molar refractivity (Wildman–Crippen MR) is 83.9 cm³/mol. The highest BCUT2D eigenvalue weighted by atomic mass is 79.9. The van der Waals surface area contributed by atoms with Crippen LogP contribution in [0.3, 0.4) is 0 Å². The molecule has 0 aliphatic rings. The van der Waals surface area contributed by atoms with Gasteiger partial charge in [-0.25, -0.2) is 0 Å². The lowest BCUT2D eigenvalue weighted by atomic mass is 10.00. The van der Waals surface area contributed by atoms with Crippen LogP contribution in [0.4, 0.5) is 0 Å². The fourth-order valence-electron chi connectivity index (χ4n) is 2.00. The van der Waals surface area contributed by atoms with E-state index in [9.17, 15) is 0 Å². The lowest BCUT2D eigenvalue weighted by molar-refractivity contribution is 0.591. The summed E-state index contributed by atoms with van der Waals surface area (Å²) < 4.78 is 0.963. The van der Waals surface area contributed by atoms with Gasteiger partial charge in [-0.1, -0.05) is 29.3 Å². The largest absolute Gasteiger partial charge is 0.313 e. The molecule has 0 amide bonds. The van der Waals surface area contributed by atoms with E-state index < -0.39 is 0 Å². The van der Waals surface area contributed by atoms with Crippen LogP contribution in [0.15, 0.2) is 41.1 Å². The molecular formula is C14H13BrCl2N2. The molecule has 0 bridgehead atoms. The molecule has 1 unspecified atom stereocenters. The normalized spacial score (nSPS) is 12.4. The lowest BCUT2D eigenvalue weighted by Gasteiger charge is -2.19. The van der Waals surface area contributed by atoms with E-state index in [1.165, 1.54) is 0 Å². The number of pyridine rings is 1. The van der Waals surface area contributed by atoms with Crippen molar-refractivity contribution in [2.75, 3.05) is 7.05 Å². The first-order chi connectivity index (χ1) is 9.11. The quantitative estimate of drug-likeness (QED) is 0.859. The molecule has 100 valence electrons. The number of halogens is 3. The van der Waals surface area contributed by atoms with Gasteiger partial charge in [0, 0.05) is 38.5 Å². The van der Waals surface area contributed by atoms with E-state index >= 15 is 0 Å². The SMILES string of the molecule is CNC(Cc1cncc(Br)c1)c1c(Cl)cccc1Cl. The highest BCUT2D eigenvalue weighted by molar-refractivity contribution is 9.10. The second kappa shape index (κ2) is 6.71. The average molecular weight is 360 g/mol. The van der Waals surface area contributed by atoms with E-state index in [0.717, 1.165) is 22.0 Å². The van der Waals surface area contributed by atoms with Crippen LogP contribution in [-0.4, -0.2) is 12.0 Å². The van der Waals surface area contributed by atoms with Gasteiger partial charge in [0.25, 0.3) is 0 Å². The van der Waals surface area contributed by atoms with Gasteiger partial charge in [-0.3, -0.25) is 4.98 Å². The van der Waals surface area contributed by atoms with Gasteiger partial charge in [0.15, 0.2) is 0 Å². The maximum Gasteiger partial charge on any atom is 0.0468 e. The van der Waals surface area contributed by atoms with Crippen LogP contribution in [0.2, 0.25) is 10.0 Å². The Hall–Kier alpha value is -0.610. The second-order valence-corrected chi connectivity index (χ2v) is 5.92. The zero-order valence-electron chi connectivity index (χ0n) is 10.3. The van der Waals surface area contributed by atoms with Crippen LogP contribution in [0.1, 0.15) is 17.2 Å². The average Bonchev–Trinajstić information content (AvgIpc) is 2.37. The molecule has 0 saturated carbocycles. The Morgan fingerprint density at radius 2 is 1.95 bits per heavy atom. The molecule has 0 spiro atoms. The fourth-order valence-corrected chi connectivity index (χ4v) is 3.07. The molecule has 1 aromatic carbocycles. The van der Waals surface area contributed by atoms with Crippen molar-refractivity contribution in [3.63, 3.8) is 0 Å². The monoisotopic (exact) mass is 358 g/mol. The molecular weight excluding hydrogens is 347 g/mol. The summed E-state index contributed by atoms with van der Waals surface area (Å²) in [5.74, 6) is 0. The molecule has 0 aliphatic heterocycles. The smallest absolute Gasteiger partial charge is 0.0468 e. The van der Waals surface area contributed by atoms with Gasteiger partial charge in [-0.15, -0.1) is 0 Å². The van der Waals surface area contributed by atoms with E-state index in [4.69, 9.17) is 23.2 Å². The molecule has 1 N–H and O–H groups in total. The lowest BCUT2D eigenvalue weighted by Crippen LogP contribution is -2.19. The molecule has 2 rings (SSSR count). The van der Waals surface area contributed by atoms with Gasteiger partial charge < -0.3 is 5.32 Å². The predicted octanol–water partition coefficient (Wildman–Crippen LogP) is 4.65. The summed E-state index contributed by atoms with van der Waals surface area (Å²) in [7, 11) is 1.90. The zero-order chi connectivity index (χ0) is 13.8. The number of nitrogens with one attached hydrogen (secondary N) is 1. The summed E-state index contributed by atoms with van der Waals surface area (Å²) in [6.07, 6.45) is 4.38. The van der Waals surface area contributed by atoms with E-state index in [1.807, 2.05) is 37.5 Å². The van der Waals surface area contributed by atoms with Crippen molar-refractivity contribution in [3.05, 3.63) is 62.3 Å². The van der Waals surface area contributed by atoms with Crippen LogP contribution < -0.4 is 5.32 Å². The third-order valence-corrected chi connectivity index (χ3v) is 3.99. The Kier molecular flexibility index (Phi) is 5.22. The van der Waals surface area contributed by atoms with Crippen molar-refractivity contribution in [1.82, 2.24) is 10.3 Å². The number of rotatable bonds is 4. The summed E-state index contributed by atoms with van der Waals surface area (Å²) in [5, 5.41) is 4.61. The van der Waals surface area contributed by atoms with Gasteiger partial charge in [0.05, 0.1) is 0 Å². The Bertz CT molecular complexity index is 555. The minimum Gasteiger partial charge on any atom is -0.313 e. The van der Waals surface area contributed by atoms with Gasteiger partial charge >= 0.3 is 0 Å². The number of aromatic nitrogens is 1. The highest BCUT2D eigenvalue weighted by Gasteiger charge is 2.17. The molecule has 2 nitrogen and oxygen atoms in total. The molecule has 1 atom stereocenters. The maximum absolute atomic E-state index is 6.25. The Labute approximate surface area is 131 Å².